The molecule has 0 aromatic heterocycles. The third-order valence-electron chi connectivity index (χ3n) is 1.56. The number of carbonyl (C=O) groups is 4. The van der Waals surface area contributed by atoms with E-state index in [1.165, 1.54) is 0 Å². The maximum atomic E-state index is 10.9. The van der Waals surface area contributed by atoms with Gasteiger partial charge in [0, 0.05) is 19.8 Å². The lowest BCUT2D eigenvalue weighted by molar-refractivity contribution is -0.154. The van der Waals surface area contributed by atoms with E-state index in [2.05, 4.69) is 0 Å². The standard InChI is InChI=1S/C7H7NO4/c1-4(9)7(12)8-5(10)2-3-6(8)11/h2-3H2,1H3. The molecule has 1 aliphatic heterocycles. The van der Waals surface area contributed by atoms with Gasteiger partial charge in [-0.2, -0.15) is 0 Å². The summed E-state index contributed by atoms with van der Waals surface area (Å²) in [6, 6.07) is 0. The van der Waals surface area contributed by atoms with Gasteiger partial charge in [0.15, 0.2) is 0 Å². The Kier molecular flexibility index (Phi) is 2.03. The van der Waals surface area contributed by atoms with Crippen molar-refractivity contribution in [2.75, 3.05) is 0 Å². The van der Waals surface area contributed by atoms with Crippen molar-refractivity contribution < 1.29 is 19.2 Å². The van der Waals surface area contributed by atoms with Crippen LogP contribution in [0, 0.1) is 0 Å². The highest BCUT2D eigenvalue weighted by molar-refractivity contribution is 6.42. The van der Waals surface area contributed by atoms with Crippen LogP contribution in [-0.4, -0.2) is 28.4 Å². The van der Waals surface area contributed by atoms with Crippen molar-refractivity contribution in [3.63, 3.8) is 0 Å². The molecule has 0 unspecified atom stereocenters. The molecule has 64 valence electrons. The number of rotatable bonds is 1. The fourth-order valence-electron chi connectivity index (χ4n) is 0.961. The summed E-state index contributed by atoms with van der Waals surface area (Å²) >= 11 is 0. The van der Waals surface area contributed by atoms with E-state index in [0.29, 0.717) is 4.90 Å². The van der Waals surface area contributed by atoms with Gasteiger partial charge in [-0.3, -0.25) is 19.2 Å². The molecule has 0 atom stereocenters. The van der Waals surface area contributed by atoms with Gasteiger partial charge < -0.3 is 0 Å². The number of Topliss-reactive ketones (excluding diaryl/α,β-unsaturated/α-hetero) is 1. The SMILES string of the molecule is CC(=O)C(=O)N1C(=O)CCC1=O. The molecule has 1 rings (SSSR count). The minimum Gasteiger partial charge on any atom is -0.289 e. The van der Waals surface area contributed by atoms with Crippen molar-refractivity contribution in [1.29, 1.82) is 0 Å². The molecule has 0 spiro atoms. The van der Waals surface area contributed by atoms with Gasteiger partial charge in [0.2, 0.25) is 17.6 Å². The Balaban J connectivity index is 2.87. The largest absolute Gasteiger partial charge is 0.303 e. The fraction of sp³-hybridized carbons (Fsp3) is 0.429. The highest BCUT2D eigenvalue weighted by atomic mass is 16.2. The molecule has 5 heteroatoms. The van der Waals surface area contributed by atoms with Crippen LogP contribution in [0.1, 0.15) is 19.8 Å². The van der Waals surface area contributed by atoms with Crippen molar-refractivity contribution in [1.82, 2.24) is 4.90 Å². The third kappa shape index (κ3) is 1.25. The smallest absolute Gasteiger partial charge is 0.289 e. The first kappa shape index (κ1) is 8.58. The van der Waals surface area contributed by atoms with Crippen LogP contribution in [0.3, 0.4) is 0 Å². The zero-order chi connectivity index (χ0) is 9.30. The normalized spacial score (nSPS) is 16.9. The maximum Gasteiger partial charge on any atom is 0.303 e. The van der Waals surface area contributed by atoms with Crippen molar-refractivity contribution in [2.24, 2.45) is 0 Å². The number of imide groups is 3. The molecule has 0 aliphatic carbocycles. The lowest BCUT2D eigenvalue weighted by Gasteiger charge is -2.07. The number of hydrogen-bond acceptors (Lipinski definition) is 4. The number of likely N-dealkylation sites (tertiary alicyclic amines) is 1. The van der Waals surface area contributed by atoms with Crippen LogP contribution in [0.15, 0.2) is 0 Å². The minimum absolute atomic E-state index is 0.0256. The molecule has 0 N–H and O–H groups in total. The van der Waals surface area contributed by atoms with E-state index >= 15 is 0 Å². The Morgan fingerprint density at radius 1 is 1.17 bits per heavy atom. The Hall–Kier alpha value is -1.52. The zero-order valence-corrected chi connectivity index (χ0v) is 6.49. The first-order valence-corrected chi connectivity index (χ1v) is 3.44. The van der Waals surface area contributed by atoms with E-state index < -0.39 is 23.5 Å². The predicted octanol–water partition coefficient (Wildman–Crippen LogP) is -0.749. The van der Waals surface area contributed by atoms with E-state index in [4.69, 9.17) is 0 Å². The summed E-state index contributed by atoms with van der Waals surface area (Å²) in [6.07, 6.45) is 0.0513. The molecule has 1 fully saturated rings. The number of ketones is 1. The first-order valence-electron chi connectivity index (χ1n) is 3.44. The Morgan fingerprint density at radius 3 is 1.92 bits per heavy atom. The van der Waals surface area contributed by atoms with Crippen molar-refractivity contribution >= 4 is 23.5 Å². The van der Waals surface area contributed by atoms with Crippen LogP contribution < -0.4 is 0 Å². The summed E-state index contributed by atoms with van der Waals surface area (Å²) < 4.78 is 0. The topological polar surface area (TPSA) is 71.5 Å². The molecule has 1 heterocycles. The lowest BCUT2D eigenvalue weighted by Crippen LogP contribution is -2.39. The van der Waals surface area contributed by atoms with Gasteiger partial charge in [-0.1, -0.05) is 0 Å². The first-order chi connectivity index (χ1) is 5.54. The molecule has 1 saturated heterocycles. The fourth-order valence-corrected chi connectivity index (χ4v) is 0.961. The molecule has 0 aromatic rings. The Morgan fingerprint density at radius 2 is 1.58 bits per heavy atom. The molecule has 0 aromatic carbocycles. The highest BCUT2D eigenvalue weighted by Crippen LogP contribution is 2.11. The average molecular weight is 169 g/mol. The van der Waals surface area contributed by atoms with Gasteiger partial charge in [0.25, 0.3) is 0 Å². The quantitative estimate of drug-likeness (QED) is 0.382. The molecule has 0 saturated carbocycles. The van der Waals surface area contributed by atoms with Crippen molar-refractivity contribution in [3.8, 4) is 0 Å². The molecule has 5 nitrogen and oxygen atoms in total. The van der Waals surface area contributed by atoms with E-state index in [1.807, 2.05) is 0 Å². The van der Waals surface area contributed by atoms with E-state index in [1.54, 1.807) is 0 Å². The lowest BCUT2D eigenvalue weighted by atomic mass is 10.4. The van der Waals surface area contributed by atoms with Gasteiger partial charge in [-0.05, 0) is 0 Å². The molecule has 12 heavy (non-hydrogen) atoms. The van der Waals surface area contributed by atoms with Gasteiger partial charge in [-0.15, -0.1) is 0 Å². The summed E-state index contributed by atoms with van der Waals surface area (Å²) in [5, 5.41) is 0. The molecule has 3 amide bonds. The number of amides is 3. The predicted molar refractivity (Wildman–Crippen MR) is 36.8 cm³/mol. The van der Waals surface area contributed by atoms with Crippen LogP contribution in [0.2, 0.25) is 0 Å². The van der Waals surface area contributed by atoms with E-state index in [9.17, 15) is 19.2 Å². The highest BCUT2D eigenvalue weighted by Gasteiger charge is 2.35. The second-order valence-electron chi connectivity index (χ2n) is 2.48. The molecule has 0 bridgehead atoms. The number of hydrogen-bond donors (Lipinski definition) is 0. The summed E-state index contributed by atoms with van der Waals surface area (Å²) in [5.41, 5.74) is 0. The van der Waals surface area contributed by atoms with E-state index in [0.717, 1.165) is 6.92 Å². The maximum absolute atomic E-state index is 10.9. The molecular formula is C7H7NO4. The van der Waals surface area contributed by atoms with Crippen LogP contribution in [0.5, 0.6) is 0 Å². The second kappa shape index (κ2) is 2.84. The van der Waals surface area contributed by atoms with Gasteiger partial charge in [-0.25, -0.2) is 4.90 Å². The Labute approximate surface area is 68.3 Å². The average Bonchev–Trinajstić information content (AvgIpc) is 2.30. The summed E-state index contributed by atoms with van der Waals surface area (Å²) in [7, 11) is 0. The van der Waals surface area contributed by atoms with Crippen molar-refractivity contribution in [3.05, 3.63) is 0 Å². The van der Waals surface area contributed by atoms with Gasteiger partial charge in [0.05, 0.1) is 0 Å². The number of nitrogens with zero attached hydrogens (tertiary/aromatic N) is 1. The van der Waals surface area contributed by atoms with Gasteiger partial charge in [0.1, 0.15) is 0 Å². The minimum atomic E-state index is -1.03. The molecule has 0 radical (unpaired) electrons. The monoisotopic (exact) mass is 169 g/mol. The molecule has 1 aliphatic rings. The number of carbonyl (C=O) groups excluding carboxylic acids is 4. The Bertz CT molecular complexity index is 265. The van der Waals surface area contributed by atoms with Crippen LogP contribution >= 0.6 is 0 Å². The van der Waals surface area contributed by atoms with Gasteiger partial charge >= 0.3 is 5.91 Å². The van der Waals surface area contributed by atoms with Crippen molar-refractivity contribution in [2.45, 2.75) is 19.8 Å². The van der Waals surface area contributed by atoms with E-state index in [-0.39, 0.29) is 12.8 Å². The zero-order valence-electron chi connectivity index (χ0n) is 6.49. The summed E-state index contributed by atoms with van der Waals surface area (Å²) in [5.74, 6) is -2.98. The van der Waals surface area contributed by atoms with Crippen LogP contribution in [0.4, 0.5) is 0 Å². The summed E-state index contributed by atoms with van der Waals surface area (Å²) in [6.45, 7) is 1.03. The second-order valence-corrected chi connectivity index (χ2v) is 2.48. The van der Waals surface area contributed by atoms with Crippen LogP contribution in [0.25, 0.3) is 0 Å². The molecular weight excluding hydrogens is 162 g/mol. The van der Waals surface area contributed by atoms with Crippen LogP contribution in [-0.2, 0) is 19.2 Å². The summed E-state index contributed by atoms with van der Waals surface area (Å²) in [4.78, 5) is 43.6. The third-order valence-corrected chi connectivity index (χ3v) is 1.56.